The minimum atomic E-state index is -0.637. The van der Waals surface area contributed by atoms with E-state index in [2.05, 4.69) is 5.32 Å². The van der Waals surface area contributed by atoms with Crippen molar-refractivity contribution in [3.05, 3.63) is 68.5 Å². The van der Waals surface area contributed by atoms with Crippen molar-refractivity contribution in [2.75, 3.05) is 5.32 Å². The van der Waals surface area contributed by atoms with Crippen molar-refractivity contribution in [3.63, 3.8) is 0 Å². The van der Waals surface area contributed by atoms with Crippen LogP contribution in [0.4, 0.5) is 5.69 Å². The van der Waals surface area contributed by atoms with Crippen LogP contribution < -0.4 is 15.7 Å². The lowest BCUT2D eigenvalue weighted by atomic mass is 10.1. The first-order valence-corrected chi connectivity index (χ1v) is 8.60. The highest BCUT2D eigenvalue weighted by Crippen LogP contribution is 2.30. The predicted molar refractivity (Wildman–Crippen MR) is 103 cm³/mol. The molecule has 0 atom stereocenters. The highest BCUT2D eigenvalue weighted by molar-refractivity contribution is 6.44. The standard InChI is InChI=1S/C19H15Cl2NO4/c1-10(2)25-11-6-7-12-13(9-17(23)26-16(12)8-11)19(24)22-15-5-3-4-14(20)18(15)21/h3-10H,1-2H3,(H,22,24). The molecular weight excluding hydrogens is 377 g/mol. The molecule has 134 valence electrons. The summed E-state index contributed by atoms with van der Waals surface area (Å²) in [6.07, 6.45) is -0.0318. The molecule has 26 heavy (non-hydrogen) atoms. The zero-order chi connectivity index (χ0) is 18.8. The second-order valence-corrected chi connectivity index (χ2v) is 6.64. The summed E-state index contributed by atoms with van der Waals surface area (Å²) in [6, 6.07) is 11.0. The molecule has 0 fully saturated rings. The van der Waals surface area contributed by atoms with E-state index in [1.807, 2.05) is 13.8 Å². The van der Waals surface area contributed by atoms with E-state index < -0.39 is 11.5 Å². The molecule has 0 bridgehead atoms. The van der Waals surface area contributed by atoms with Crippen LogP contribution in [0.1, 0.15) is 24.2 Å². The van der Waals surface area contributed by atoms with Crippen LogP contribution in [0, 0.1) is 0 Å². The largest absolute Gasteiger partial charge is 0.491 e. The van der Waals surface area contributed by atoms with Gasteiger partial charge in [-0.3, -0.25) is 4.79 Å². The first-order chi connectivity index (χ1) is 12.3. The Morgan fingerprint density at radius 3 is 2.65 bits per heavy atom. The van der Waals surface area contributed by atoms with E-state index in [-0.39, 0.29) is 22.3 Å². The van der Waals surface area contributed by atoms with E-state index in [1.54, 1.807) is 36.4 Å². The Hall–Kier alpha value is -2.50. The molecule has 0 aliphatic carbocycles. The van der Waals surface area contributed by atoms with E-state index in [0.29, 0.717) is 21.8 Å². The fraction of sp³-hybridized carbons (Fsp3) is 0.158. The SMILES string of the molecule is CC(C)Oc1ccc2c(C(=O)Nc3cccc(Cl)c3Cl)cc(=O)oc2c1. The number of nitrogens with one attached hydrogen (secondary N) is 1. The van der Waals surface area contributed by atoms with Crippen LogP contribution in [-0.4, -0.2) is 12.0 Å². The van der Waals surface area contributed by atoms with Crippen molar-refractivity contribution >= 4 is 45.8 Å². The summed E-state index contributed by atoms with van der Waals surface area (Å²) in [4.78, 5) is 24.6. The van der Waals surface area contributed by atoms with Crippen molar-refractivity contribution in [1.82, 2.24) is 0 Å². The lowest BCUT2D eigenvalue weighted by Crippen LogP contribution is -2.15. The van der Waals surface area contributed by atoms with Gasteiger partial charge in [-0.25, -0.2) is 4.79 Å². The highest BCUT2D eigenvalue weighted by Gasteiger charge is 2.16. The zero-order valence-corrected chi connectivity index (χ0v) is 15.5. The van der Waals surface area contributed by atoms with Crippen molar-refractivity contribution in [2.24, 2.45) is 0 Å². The van der Waals surface area contributed by atoms with Gasteiger partial charge in [0.15, 0.2) is 0 Å². The van der Waals surface area contributed by atoms with Gasteiger partial charge in [0.05, 0.1) is 27.4 Å². The van der Waals surface area contributed by atoms with Gasteiger partial charge in [0.1, 0.15) is 11.3 Å². The number of hydrogen-bond acceptors (Lipinski definition) is 4. The van der Waals surface area contributed by atoms with Crippen LogP contribution in [-0.2, 0) is 0 Å². The monoisotopic (exact) mass is 391 g/mol. The third-order valence-electron chi connectivity index (χ3n) is 3.53. The normalized spacial score (nSPS) is 11.0. The second-order valence-electron chi connectivity index (χ2n) is 5.86. The smallest absolute Gasteiger partial charge is 0.337 e. The Morgan fingerprint density at radius 1 is 1.15 bits per heavy atom. The number of ether oxygens (including phenoxy) is 1. The third kappa shape index (κ3) is 3.84. The average molecular weight is 392 g/mol. The fourth-order valence-corrected chi connectivity index (χ4v) is 2.81. The quantitative estimate of drug-likeness (QED) is 0.625. The number of fused-ring (bicyclic) bond motifs is 1. The van der Waals surface area contributed by atoms with Crippen LogP contribution in [0.25, 0.3) is 11.0 Å². The Kier molecular flexibility index (Phi) is 5.20. The number of rotatable bonds is 4. The van der Waals surface area contributed by atoms with E-state index in [0.717, 1.165) is 6.07 Å². The minimum absolute atomic E-state index is 0.0318. The summed E-state index contributed by atoms with van der Waals surface area (Å²) in [7, 11) is 0. The molecule has 3 rings (SSSR count). The molecule has 0 aliphatic heterocycles. The molecule has 0 radical (unpaired) electrons. The molecule has 1 heterocycles. The lowest BCUT2D eigenvalue weighted by Gasteiger charge is -2.12. The fourth-order valence-electron chi connectivity index (χ4n) is 2.47. The Morgan fingerprint density at radius 2 is 1.92 bits per heavy atom. The van der Waals surface area contributed by atoms with Gasteiger partial charge in [-0.05, 0) is 38.1 Å². The average Bonchev–Trinajstić information content (AvgIpc) is 2.57. The maximum absolute atomic E-state index is 12.7. The predicted octanol–water partition coefficient (Wildman–Crippen LogP) is 5.14. The molecule has 1 N–H and O–H groups in total. The first-order valence-electron chi connectivity index (χ1n) is 7.85. The minimum Gasteiger partial charge on any atom is -0.491 e. The number of hydrogen-bond donors (Lipinski definition) is 1. The molecule has 0 aliphatic rings. The number of carbonyl (C=O) groups is 1. The molecule has 3 aromatic rings. The van der Waals surface area contributed by atoms with E-state index in [1.165, 1.54) is 0 Å². The second kappa shape index (κ2) is 7.40. The summed E-state index contributed by atoms with van der Waals surface area (Å²) in [5, 5.41) is 3.69. The van der Waals surface area contributed by atoms with Gasteiger partial charge in [-0.2, -0.15) is 0 Å². The third-order valence-corrected chi connectivity index (χ3v) is 4.35. The van der Waals surface area contributed by atoms with Crippen molar-refractivity contribution < 1.29 is 13.9 Å². The van der Waals surface area contributed by atoms with Gasteiger partial charge in [0.25, 0.3) is 5.91 Å². The summed E-state index contributed by atoms with van der Waals surface area (Å²) in [6.45, 7) is 3.78. The molecule has 0 spiro atoms. The lowest BCUT2D eigenvalue weighted by molar-refractivity contribution is 0.102. The molecule has 0 unspecified atom stereocenters. The molecule has 1 amide bonds. The summed E-state index contributed by atoms with van der Waals surface area (Å²) in [5.74, 6) is 0.0516. The molecule has 7 heteroatoms. The van der Waals surface area contributed by atoms with Crippen molar-refractivity contribution in [1.29, 1.82) is 0 Å². The van der Waals surface area contributed by atoms with E-state index in [9.17, 15) is 9.59 Å². The van der Waals surface area contributed by atoms with E-state index >= 15 is 0 Å². The van der Waals surface area contributed by atoms with Gasteiger partial charge in [-0.1, -0.05) is 29.3 Å². The molecule has 0 saturated heterocycles. The Balaban J connectivity index is 2.02. The van der Waals surface area contributed by atoms with Crippen LogP contribution in [0.5, 0.6) is 5.75 Å². The maximum Gasteiger partial charge on any atom is 0.337 e. The Bertz CT molecular complexity index is 1040. The number of amides is 1. The molecule has 2 aromatic carbocycles. The number of anilines is 1. The topological polar surface area (TPSA) is 68.5 Å². The van der Waals surface area contributed by atoms with Crippen LogP contribution >= 0.6 is 23.2 Å². The number of halogens is 2. The van der Waals surface area contributed by atoms with E-state index in [4.69, 9.17) is 32.4 Å². The first kappa shape index (κ1) is 18.3. The zero-order valence-electron chi connectivity index (χ0n) is 14.0. The summed E-state index contributed by atoms with van der Waals surface area (Å²) < 4.78 is 10.8. The Labute approximate surface area is 159 Å². The van der Waals surface area contributed by atoms with Crippen molar-refractivity contribution in [3.8, 4) is 5.75 Å². The summed E-state index contributed by atoms with van der Waals surface area (Å²) >= 11 is 12.1. The van der Waals surface area contributed by atoms with Crippen LogP contribution in [0.3, 0.4) is 0 Å². The maximum atomic E-state index is 12.7. The molecule has 5 nitrogen and oxygen atoms in total. The number of carbonyl (C=O) groups excluding carboxylic acids is 1. The summed E-state index contributed by atoms with van der Waals surface area (Å²) in [5.41, 5.74) is 0.147. The molecular formula is C19H15Cl2NO4. The van der Waals surface area contributed by atoms with Crippen molar-refractivity contribution in [2.45, 2.75) is 20.0 Å². The van der Waals surface area contributed by atoms with Gasteiger partial charge in [-0.15, -0.1) is 0 Å². The molecule has 0 saturated carbocycles. The molecule has 1 aromatic heterocycles. The highest BCUT2D eigenvalue weighted by atomic mass is 35.5. The van der Waals surface area contributed by atoms with Gasteiger partial charge in [0.2, 0.25) is 0 Å². The van der Waals surface area contributed by atoms with Crippen LogP contribution in [0.15, 0.2) is 51.7 Å². The van der Waals surface area contributed by atoms with Crippen LogP contribution in [0.2, 0.25) is 10.0 Å². The van der Waals surface area contributed by atoms with Gasteiger partial charge in [0, 0.05) is 17.5 Å². The number of benzene rings is 2. The van der Waals surface area contributed by atoms with Gasteiger partial charge < -0.3 is 14.5 Å². The van der Waals surface area contributed by atoms with Gasteiger partial charge >= 0.3 is 5.63 Å².